The highest BCUT2D eigenvalue weighted by Gasteiger charge is 2.21. The predicted octanol–water partition coefficient (Wildman–Crippen LogP) is 2.89. The molecule has 0 bridgehead atoms. The highest BCUT2D eigenvalue weighted by Crippen LogP contribution is 2.22. The summed E-state index contributed by atoms with van der Waals surface area (Å²) in [6.07, 6.45) is 4.65. The van der Waals surface area contributed by atoms with E-state index in [9.17, 15) is 4.79 Å². The molecular weight excluding hydrogens is 308 g/mol. The van der Waals surface area contributed by atoms with Gasteiger partial charge in [-0.2, -0.15) is 0 Å². The number of rotatable bonds is 5. The van der Waals surface area contributed by atoms with E-state index in [4.69, 9.17) is 5.73 Å². The van der Waals surface area contributed by atoms with E-state index in [2.05, 4.69) is 15.3 Å². The van der Waals surface area contributed by atoms with Crippen LogP contribution in [-0.4, -0.2) is 27.2 Å². The SMILES string of the molecule is C[C@@H](SCc1nc(N)c2ccccc2n1)C(=O)NC1CCCC1. The quantitative estimate of drug-likeness (QED) is 0.881. The standard InChI is InChI=1S/C17H22N4OS/c1-11(17(22)19-12-6-2-3-7-12)23-10-15-20-14-9-5-4-8-13(14)16(18)21-15/h4-5,8-9,11-12H,2-3,6-7,10H2,1H3,(H,19,22)(H2,18,20,21)/t11-/m1/s1. The van der Waals surface area contributed by atoms with E-state index in [0.717, 1.165) is 23.7 Å². The lowest BCUT2D eigenvalue weighted by Crippen LogP contribution is -2.37. The average Bonchev–Trinajstić information content (AvgIpc) is 3.05. The van der Waals surface area contributed by atoms with Crippen molar-refractivity contribution in [2.75, 3.05) is 5.73 Å². The van der Waals surface area contributed by atoms with Crippen LogP contribution in [-0.2, 0) is 10.5 Å². The van der Waals surface area contributed by atoms with Crippen LogP contribution in [0.5, 0.6) is 0 Å². The first-order valence-corrected chi connectivity index (χ1v) is 9.11. The van der Waals surface area contributed by atoms with Crippen LogP contribution in [0.1, 0.15) is 38.4 Å². The Hall–Kier alpha value is -1.82. The number of nitrogens with zero attached hydrogens (tertiary/aromatic N) is 2. The fourth-order valence-electron chi connectivity index (χ4n) is 2.88. The van der Waals surface area contributed by atoms with Gasteiger partial charge in [-0.1, -0.05) is 25.0 Å². The molecule has 6 heteroatoms. The van der Waals surface area contributed by atoms with E-state index in [1.807, 2.05) is 31.2 Å². The summed E-state index contributed by atoms with van der Waals surface area (Å²) in [6.45, 7) is 1.93. The summed E-state index contributed by atoms with van der Waals surface area (Å²) in [7, 11) is 0. The summed E-state index contributed by atoms with van der Waals surface area (Å²) in [6, 6.07) is 8.06. The predicted molar refractivity (Wildman–Crippen MR) is 95.1 cm³/mol. The first-order valence-electron chi connectivity index (χ1n) is 8.06. The van der Waals surface area contributed by atoms with Crippen LogP contribution in [0.15, 0.2) is 24.3 Å². The molecule has 3 rings (SSSR count). The van der Waals surface area contributed by atoms with Gasteiger partial charge in [-0.05, 0) is 31.9 Å². The number of carbonyl (C=O) groups excluding carboxylic acids is 1. The molecule has 2 aromatic rings. The first kappa shape index (κ1) is 16.1. The Morgan fingerprint density at radius 2 is 2.09 bits per heavy atom. The maximum Gasteiger partial charge on any atom is 0.233 e. The summed E-state index contributed by atoms with van der Waals surface area (Å²) in [5.41, 5.74) is 6.84. The second kappa shape index (κ2) is 7.17. The highest BCUT2D eigenvalue weighted by molar-refractivity contribution is 7.99. The Bertz CT molecular complexity index is 700. The molecule has 1 atom stereocenters. The Labute approximate surface area is 140 Å². The third kappa shape index (κ3) is 3.93. The molecule has 0 radical (unpaired) electrons. The molecule has 1 fully saturated rings. The molecule has 3 N–H and O–H groups in total. The van der Waals surface area contributed by atoms with Gasteiger partial charge in [-0.15, -0.1) is 11.8 Å². The van der Waals surface area contributed by atoms with E-state index >= 15 is 0 Å². The largest absolute Gasteiger partial charge is 0.383 e. The number of fused-ring (bicyclic) bond motifs is 1. The number of nitrogen functional groups attached to an aromatic ring is 1. The van der Waals surface area contributed by atoms with Gasteiger partial charge in [0.1, 0.15) is 11.6 Å². The molecule has 5 nitrogen and oxygen atoms in total. The van der Waals surface area contributed by atoms with Crippen molar-refractivity contribution in [3.63, 3.8) is 0 Å². The molecule has 1 aliphatic rings. The summed E-state index contributed by atoms with van der Waals surface area (Å²) in [4.78, 5) is 21.1. The van der Waals surface area contributed by atoms with Crippen LogP contribution in [0.3, 0.4) is 0 Å². The Kier molecular flexibility index (Phi) is 5.00. The Morgan fingerprint density at radius 1 is 1.35 bits per heavy atom. The Balaban J connectivity index is 1.60. The van der Waals surface area contributed by atoms with Gasteiger partial charge < -0.3 is 11.1 Å². The summed E-state index contributed by atoms with van der Waals surface area (Å²) >= 11 is 1.55. The number of nitrogens with one attached hydrogen (secondary N) is 1. The second-order valence-electron chi connectivity index (χ2n) is 5.99. The topological polar surface area (TPSA) is 80.9 Å². The molecule has 0 spiro atoms. The van der Waals surface area contributed by atoms with Crippen molar-refractivity contribution in [1.82, 2.24) is 15.3 Å². The van der Waals surface area contributed by atoms with Crippen molar-refractivity contribution >= 4 is 34.4 Å². The van der Waals surface area contributed by atoms with E-state index in [0.29, 0.717) is 23.4 Å². The maximum absolute atomic E-state index is 12.2. The number of hydrogen-bond acceptors (Lipinski definition) is 5. The summed E-state index contributed by atoms with van der Waals surface area (Å²) in [5, 5.41) is 3.88. The van der Waals surface area contributed by atoms with Gasteiger partial charge in [0, 0.05) is 11.4 Å². The minimum atomic E-state index is -0.119. The number of nitrogens with two attached hydrogens (primary N) is 1. The minimum absolute atomic E-state index is 0.107. The average molecular weight is 330 g/mol. The molecule has 1 aromatic carbocycles. The number of hydrogen-bond donors (Lipinski definition) is 2. The van der Waals surface area contributed by atoms with Gasteiger partial charge in [-0.3, -0.25) is 4.79 Å². The van der Waals surface area contributed by atoms with Crippen molar-refractivity contribution in [3.05, 3.63) is 30.1 Å². The zero-order valence-corrected chi connectivity index (χ0v) is 14.1. The lowest BCUT2D eigenvalue weighted by atomic mass is 10.2. The summed E-state index contributed by atoms with van der Waals surface area (Å²) in [5.74, 6) is 1.85. The number of amides is 1. The number of benzene rings is 1. The van der Waals surface area contributed by atoms with Crippen LogP contribution in [0.4, 0.5) is 5.82 Å². The van der Waals surface area contributed by atoms with Gasteiger partial charge >= 0.3 is 0 Å². The van der Waals surface area contributed by atoms with Crippen molar-refractivity contribution < 1.29 is 4.79 Å². The van der Waals surface area contributed by atoms with Gasteiger partial charge in [0.25, 0.3) is 0 Å². The lowest BCUT2D eigenvalue weighted by Gasteiger charge is -2.16. The molecule has 0 aliphatic heterocycles. The zero-order valence-electron chi connectivity index (χ0n) is 13.3. The molecule has 0 unspecified atom stereocenters. The normalized spacial score (nSPS) is 16.6. The maximum atomic E-state index is 12.2. The van der Waals surface area contributed by atoms with Crippen LogP contribution < -0.4 is 11.1 Å². The smallest absolute Gasteiger partial charge is 0.233 e. The molecule has 1 heterocycles. The first-order chi connectivity index (χ1) is 11.1. The van der Waals surface area contributed by atoms with Crippen LogP contribution in [0.2, 0.25) is 0 Å². The van der Waals surface area contributed by atoms with Gasteiger partial charge in [0.05, 0.1) is 16.5 Å². The minimum Gasteiger partial charge on any atom is -0.383 e. The fraction of sp³-hybridized carbons (Fsp3) is 0.471. The molecule has 1 amide bonds. The molecular formula is C17H22N4OS. The van der Waals surface area contributed by atoms with Crippen LogP contribution in [0.25, 0.3) is 10.9 Å². The molecule has 122 valence electrons. The van der Waals surface area contributed by atoms with Crippen LogP contribution in [0, 0.1) is 0 Å². The number of aromatic nitrogens is 2. The third-order valence-corrected chi connectivity index (χ3v) is 5.35. The molecule has 1 aliphatic carbocycles. The number of carbonyl (C=O) groups is 1. The van der Waals surface area contributed by atoms with E-state index in [1.165, 1.54) is 12.8 Å². The highest BCUT2D eigenvalue weighted by atomic mass is 32.2. The van der Waals surface area contributed by atoms with Gasteiger partial charge in [0.2, 0.25) is 5.91 Å². The number of thioether (sulfide) groups is 1. The van der Waals surface area contributed by atoms with Crippen molar-refractivity contribution in [2.45, 2.75) is 49.7 Å². The lowest BCUT2D eigenvalue weighted by molar-refractivity contribution is -0.120. The van der Waals surface area contributed by atoms with E-state index in [-0.39, 0.29) is 11.2 Å². The summed E-state index contributed by atoms with van der Waals surface area (Å²) < 4.78 is 0. The monoisotopic (exact) mass is 330 g/mol. The fourth-order valence-corrected chi connectivity index (χ4v) is 3.63. The number of para-hydroxylation sites is 1. The number of anilines is 1. The molecule has 1 aromatic heterocycles. The molecule has 23 heavy (non-hydrogen) atoms. The van der Waals surface area contributed by atoms with E-state index < -0.39 is 0 Å². The van der Waals surface area contributed by atoms with Crippen molar-refractivity contribution in [3.8, 4) is 0 Å². The zero-order chi connectivity index (χ0) is 16.2. The van der Waals surface area contributed by atoms with Gasteiger partial charge in [0.15, 0.2) is 0 Å². The molecule has 1 saturated carbocycles. The molecule has 0 saturated heterocycles. The van der Waals surface area contributed by atoms with Crippen molar-refractivity contribution in [1.29, 1.82) is 0 Å². The van der Waals surface area contributed by atoms with Crippen molar-refractivity contribution in [2.24, 2.45) is 0 Å². The van der Waals surface area contributed by atoms with E-state index in [1.54, 1.807) is 11.8 Å². The van der Waals surface area contributed by atoms with Gasteiger partial charge in [-0.25, -0.2) is 9.97 Å². The third-order valence-electron chi connectivity index (χ3n) is 4.21. The second-order valence-corrected chi connectivity index (χ2v) is 7.31. The Morgan fingerprint density at radius 3 is 2.87 bits per heavy atom. The van der Waals surface area contributed by atoms with Crippen LogP contribution >= 0.6 is 11.8 Å².